The van der Waals surface area contributed by atoms with Gasteiger partial charge in [-0.3, -0.25) is 0 Å². The van der Waals surface area contributed by atoms with Gasteiger partial charge in [0, 0.05) is 6.08 Å². The van der Waals surface area contributed by atoms with Crippen molar-refractivity contribution in [2.75, 3.05) is 6.61 Å². The molecule has 0 saturated carbocycles. The molecule has 86 valence electrons. The first kappa shape index (κ1) is 12.5. The first-order valence-electron chi connectivity index (χ1n) is 4.47. The van der Waals surface area contributed by atoms with E-state index in [0.29, 0.717) is 11.3 Å². The molecule has 16 heavy (non-hydrogen) atoms. The van der Waals surface area contributed by atoms with Gasteiger partial charge in [-0.2, -0.15) is 0 Å². The summed E-state index contributed by atoms with van der Waals surface area (Å²) in [6, 6.07) is 3.75. The van der Waals surface area contributed by atoms with Gasteiger partial charge in [0.05, 0.1) is 5.02 Å². The van der Waals surface area contributed by atoms with Gasteiger partial charge < -0.3 is 9.84 Å². The van der Waals surface area contributed by atoms with E-state index in [-0.39, 0.29) is 11.6 Å². The van der Waals surface area contributed by atoms with Crippen molar-refractivity contribution in [2.45, 2.75) is 6.92 Å². The molecular weight excluding hydrogens is 235 g/mol. The minimum absolute atomic E-state index is 0.0949. The van der Waals surface area contributed by atoms with E-state index in [1.54, 1.807) is 6.92 Å². The van der Waals surface area contributed by atoms with Crippen LogP contribution in [0.4, 0.5) is 4.39 Å². The number of benzene rings is 1. The van der Waals surface area contributed by atoms with Crippen LogP contribution >= 0.6 is 11.6 Å². The highest BCUT2D eigenvalue weighted by Crippen LogP contribution is 2.25. The van der Waals surface area contributed by atoms with Crippen molar-refractivity contribution in [1.82, 2.24) is 0 Å². The van der Waals surface area contributed by atoms with E-state index in [2.05, 4.69) is 0 Å². The van der Waals surface area contributed by atoms with Gasteiger partial charge in [0.15, 0.2) is 0 Å². The summed E-state index contributed by atoms with van der Waals surface area (Å²) < 4.78 is 17.9. The van der Waals surface area contributed by atoms with Crippen molar-refractivity contribution in [3.05, 3.63) is 40.7 Å². The molecule has 1 N–H and O–H groups in total. The Kier molecular flexibility index (Phi) is 4.31. The normalized spacial score (nSPS) is 11.3. The topological polar surface area (TPSA) is 46.5 Å². The van der Waals surface area contributed by atoms with Gasteiger partial charge in [-0.15, -0.1) is 0 Å². The van der Waals surface area contributed by atoms with Gasteiger partial charge in [-0.25, -0.2) is 9.18 Å². The Labute approximate surface area is 97.1 Å². The minimum Gasteiger partial charge on any atom is -0.488 e. The molecule has 1 aromatic rings. The van der Waals surface area contributed by atoms with Gasteiger partial charge >= 0.3 is 5.97 Å². The Morgan fingerprint density at radius 2 is 2.31 bits per heavy atom. The number of hydrogen-bond donors (Lipinski definition) is 1. The van der Waals surface area contributed by atoms with Crippen LogP contribution in [0.3, 0.4) is 0 Å². The Balaban J connectivity index is 2.65. The molecule has 0 spiro atoms. The van der Waals surface area contributed by atoms with Gasteiger partial charge in [0.2, 0.25) is 0 Å². The zero-order valence-corrected chi connectivity index (χ0v) is 9.29. The summed E-state index contributed by atoms with van der Waals surface area (Å²) in [6.07, 6.45) is 1.04. The summed E-state index contributed by atoms with van der Waals surface area (Å²) in [4.78, 5) is 10.3. The first-order chi connectivity index (χ1) is 7.49. The Bertz CT molecular complexity index is 429. The molecule has 0 amide bonds. The molecule has 0 aliphatic rings. The molecule has 1 aromatic carbocycles. The lowest BCUT2D eigenvalue weighted by molar-refractivity contribution is -0.131. The third kappa shape index (κ3) is 3.90. The fourth-order valence-corrected chi connectivity index (χ4v) is 1.26. The predicted molar refractivity (Wildman–Crippen MR) is 58.3 cm³/mol. The number of halogens is 2. The van der Waals surface area contributed by atoms with Gasteiger partial charge in [-0.1, -0.05) is 11.6 Å². The van der Waals surface area contributed by atoms with E-state index in [9.17, 15) is 9.18 Å². The Morgan fingerprint density at radius 1 is 1.62 bits per heavy atom. The van der Waals surface area contributed by atoms with Crippen molar-refractivity contribution in [3.63, 3.8) is 0 Å². The van der Waals surface area contributed by atoms with E-state index in [4.69, 9.17) is 21.4 Å². The smallest absolute Gasteiger partial charge is 0.328 e. The highest BCUT2D eigenvalue weighted by molar-refractivity contribution is 6.32. The average molecular weight is 245 g/mol. The number of ether oxygens (including phenoxy) is 1. The lowest BCUT2D eigenvalue weighted by atomic mass is 10.3. The molecule has 0 radical (unpaired) electrons. The lowest BCUT2D eigenvalue weighted by Crippen LogP contribution is -2.01. The number of hydrogen-bond acceptors (Lipinski definition) is 2. The van der Waals surface area contributed by atoms with Crippen LogP contribution in [0.1, 0.15) is 6.92 Å². The zero-order valence-electron chi connectivity index (χ0n) is 8.54. The maximum absolute atomic E-state index is 12.7. The molecule has 0 aliphatic carbocycles. The first-order valence-corrected chi connectivity index (χ1v) is 4.85. The Morgan fingerprint density at radius 3 is 2.88 bits per heavy atom. The van der Waals surface area contributed by atoms with Crippen molar-refractivity contribution in [2.24, 2.45) is 0 Å². The van der Waals surface area contributed by atoms with E-state index in [0.717, 1.165) is 12.1 Å². The summed E-state index contributed by atoms with van der Waals surface area (Å²) in [6.45, 7) is 1.71. The second-order valence-corrected chi connectivity index (χ2v) is 3.60. The second-order valence-electron chi connectivity index (χ2n) is 3.19. The van der Waals surface area contributed by atoms with E-state index in [1.165, 1.54) is 12.1 Å². The minimum atomic E-state index is -1.04. The zero-order chi connectivity index (χ0) is 12.1. The molecule has 0 aliphatic heterocycles. The summed E-state index contributed by atoms with van der Waals surface area (Å²) >= 11 is 5.72. The van der Waals surface area contributed by atoms with Crippen LogP contribution in [-0.4, -0.2) is 17.7 Å². The van der Waals surface area contributed by atoms with E-state index < -0.39 is 11.8 Å². The van der Waals surface area contributed by atoms with E-state index in [1.807, 2.05) is 0 Å². The van der Waals surface area contributed by atoms with Crippen LogP contribution in [0.2, 0.25) is 5.02 Å². The quantitative estimate of drug-likeness (QED) is 0.829. The molecule has 0 atom stereocenters. The molecule has 3 nitrogen and oxygen atoms in total. The lowest BCUT2D eigenvalue weighted by Gasteiger charge is -2.07. The molecule has 0 heterocycles. The molecule has 1 rings (SSSR count). The van der Waals surface area contributed by atoms with Crippen LogP contribution in [0.15, 0.2) is 29.8 Å². The van der Waals surface area contributed by atoms with Gasteiger partial charge in [-0.05, 0) is 30.7 Å². The van der Waals surface area contributed by atoms with Crippen molar-refractivity contribution < 1.29 is 19.0 Å². The summed E-state index contributed by atoms with van der Waals surface area (Å²) in [7, 11) is 0. The molecule has 0 aromatic heterocycles. The largest absolute Gasteiger partial charge is 0.488 e. The highest BCUT2D eigenvalue weighted by atomic mass is 35.5. The third-order valence-electron chi connectivity index (χ3n) is 1.72. The van der Waals surface area contributed by atoms with Crippen LogP contribution < -0.4 is 4.74 Å². The third-order valence-corrected chi connectivity index (χ3v) is 2.01. The average Bonchev–Trinajstić information content (AvgIpc) is 2.15. The number of carboxylic acid groups (broad SMARTS) is 1. The number of carbonyl (C=O) groups is 1. The monoisotopic (exact) mass is 244 g/mol. The van der Waals surface area contributed by atoms with Crippen molar-refractivity contribution in [3.8, 4) is 5.75 Å². The number of aliphatic carboxylic acids is 1. The summed E-state index contributed by atoms with van der Waals surface area (Å²) in [5.41, 5.74) is 0.535. The van der Waals surface area contributed by atoms with Gasteiger partial charge in [0.1, 0.15) is 18.2 Å². The van der Waals surface area contributed by atoms with Gasteiger partial charge in [0.25, 0.3) is 0 Å². The predicted octanol–water partition coefficient (Wildman–Crippen LogP) is 2.89. The second kappa shape index (κ2) is 5.51. The van der Waals surface area contributed by atoms with E-state index >= 15 is 0 Å². The number of rotatable bonds is 4. The SMILES string of the molecule is C/C(=C\C(=O)O)COc1ccc(F)cc1Cl. The summed E-state index contributed by atoms with van der Waals surface area (Å²) in [5.74, 6) is -1.16. The van der Waals surface area contributed by atoms with Crippen LogP contribution in [0.25, 0.3) is 0 Å². The maximum Gasteiger partial charge on any atom is 0.328 e. The van der Waals surface area contributed by atoms with Crippen LogP contribution in [0, 0.1) is 5.82 Å². The molecule has 0 bridgehead atoms. The van der Waals surface area contributed by atoms with Crippen molar-refractivity contribution >= 4 is 17.6 Å². The fraction of sp³-hybridized carbons (Fsp3) is 0.182. The molecule has 0 saturated heterocycles. The fourth-order valence-electron chi connectivity index (χ4n) is 1.04. The van der Waals surface area contributed by atoms with Crippen molar-refractivity contribution in [1.29, 1.82) is 0 Å². The standard InChI is InChI=1S/C11H10ClFO3/c1-7(4-11(14)15)6-16-10-3-2-8(13)5-9(10)12/h2-5H,6H2,1H3,(H,14,15)/b7-4+. The summed E-state index contributed by atoms with van der Waals surface area (Å²) in [5, 5.41) is 8.62. The Hall–Kier alpha value is -1.55. The van der Waals surface area contributed by atoms with Crippen LogP contribution in [0.5, 0.6) is 5.75 Å². The molecule has 5 heteroatoms. The molecule has 0 unspecified atom stereocenters. The van der Waals surface area contributed by atoms with Crippen LogP contribution in [-0.2, 0) is 4.79 Å². The molecular formula is C11H10ClFO3. The highest BCUT2D eigenvalue weighted by Gasteiger charge is 2.03. The number of carboxylic acids is 1. The molecule has 0 fully saturated rings. The maximum atomic E-state index is 12.7.